The minimum atomic E-state index is -0.0278. The van der Waals surface area contributed by atoms with Gasteiger partial charge in [-0.1, -0.05) is 18.2 Å². The number of hydrogen-bond acceptors (Lipinski definition) is 4. The SMILES string of the molecule is CNC(c1cnn(-c2ccccc2)n1)c1ccnn1C. The minimum Gasteiger partial charge on any atom is -0.307 e. The largest absolute Gasteiger partial charge is 0.307 e. The van der Waals surface area contributed by atoms with Crippen LogP contribution in [0.25, 0.3) is 5.69 Å². The molecule has 2 heterocycles. The first-order chi connectivity index (χ1) is 9.79. The van der Waals surface area contributed by atoms with Crippen molar-refractivity contribution in [2.45, 2.75) is 6.04 Å². The molecule has 0 amide bonds. The summed E-state index contributed by atoms with van der Waals surface area (Å²) in [4.78, 5) is 1.63. The number of nitrogens with zero attached hydrogens (tertiary/aromatic N) is 5. The van der Waals surface area contributed by atoms with Crippen molar-refractivity contribution in [2.24, 2.45) is 7.05 Å². The topological polar surface area (TPSA) is 60.6 Å². The van der Waals surface area contributed by atoms with E-state index < -0.39 is 0 Å². The van der Waals surface area contributed by atoms with Crippen molar-refractivity contribution in [1.82, 2.24) is 30.1 Å². The summed E-state index contributed by atoms with van der Waals surface area (Å²) in [5.41, 5.74) is 2.85. The molecule has 0 saturated heterocycles. The van der Waals surface area contributed by atoms with Crippen molar-refractivity contribution in [3.05, 3.63) is 60.2 Å². The summed E-state index contributed by atoms with van der Waals surface area (Å²) in [5, 5.41) is 16.3. The standard InChI is InChI=1S/C14H16N6/c1-15-14(13-8-9-16-19(13)2)12-10-17-20(18-12)11-6-4-3-5-7-11/h3-10,14-15H,1-2H3. The van der Waals surface area contributed by atoms with E-state index in [0.29, 0.717) is 0 Å². The minimum absolute atomic E-state index is 0.0278. The monoisotopic (exact) mass is 268 g/mol. The van der Waals surface area contributed by atoms with Crippen LogP contribution in [0.3, 0.4) is 0 Å². The van der Waals surface area contributed by atoms with Gasteiger partial charge in [-0.05, 0) is 25.2 Å². The maximum absolute atomic E-state index is 4.55. The number of nitrogens with one attached hydrogen (secondary N) is 1. The maximum atomic E-state index is 4.55. The van der Waals surface area contributed by atoms with Gasteiger partial charge in [0.05, 0.1) is 23.6 Å². The normalized spacial score (nSPS) is 12.5. The number of aryl methyl sites for hydroxylation is 1. The molecule has 0 fully saturated rings. The summed E-state index contributed by atoms with van der Waals surface area (Å²) in [6.07, 6.45) is 3.56. The Kier molecular flexibility index (Phi) is 3.30. The second-order valence-electron chi connectivity index (χ2n) is 4.50. The number of benzene rings is 1. The molecule has 3 rings (SSSR count). The average molecular weight is 268 g/mol. The van der Waals surface area contributed by atoms with Crippen molar-refractivity contribution < 1.29 is 0 Å². The molecule has 0 radical (unpaired) electrons. The predicted octanol–water partition coefficient (Wildman–Crippen LogP) is 1.31. The Labute approximate surface area is 117 Å². The predicted molar refractivity (Wildman–Crippen MR) is 75.5 cm³/mol. The van der Waals surface area contributed by atoms with Crippen molar-refractivity contribution in [3.8, 4) is 5.69 Å². The van der Waals surface area contributed by atoms with E-state index in [4.69, 9.17) is 0 Å². The van der Waals surface area contributed by atoms with Gasteiger partial charge in [-0.3, -0.25) is 4.68 Å². The fraction of sp³-hybridized carbons (Fsp3) is 0.214. The van der Waals surface area contributed by atoms with Crippen LogP contribution in [0.4, 0.5) is 0 Å². The number of para-hydroxylation sites is 1. The Hall–Kier alpha value is -2.47. The quantitative estimate of drug-likeness (QED) is 0.775. The van der Waals surface area contributed by atoms with Gasteiger partial charge < -0.3 is 5.32 Å². The highest BCUT2D eigenvalue weighted by Gasteiger charge is 2.18. The Morgan fingerprint density at radius 3 is 2.55 bits per heavy atom. The Bertz CT molecular complexity index is 685. The summed E-state index contributed by atoms with van der Waals surface area (Å²) in [6, 6.07) is 11.8. The molecule has 6 heteroatoms. The van der Waals surface area contributed by atoms with E-state index in [9.17, 15) is 0 Å². The van der Waals surface area contributed by atoms with Gasteiger partial charge in [0, 0.05) is 13.2 Å². The van der Waals surface area contributed by atoms with Gasteiger partial charge in [-0.25, -0.2) is 0 Å². The molecule has 0 aliphatic carbocycles. The molecule has 6 nitrogen and oxygen atoms in total. The molecule has 2 aromatic heterocycles. The van der Waals surface area contributed by atoms with Crippen molar-refractivity contribution >= 4 is 0 Å². The Morgan fingerprint density at radius 1 is 1.10 bits per heavy atom. The molecule has 0 spiro atoms. The van der Waals surface area contributed by atoms with E-state index in [1.807, 2.05) is 55.2 Å². The molecule has 102 valence electrons. The summed E-state index contributed by atoms with van der Waals surface area (Å²) < 4.78 is 1.84. The molecule has 0 bridgehead atoms. The van der Waals surface area contributed by atoms with Gasteiger partial charge in [0.15, 0.2) is 0 Å². The van der Waals surface area contributed by atoms with Crippen LogP contribution in [0.15, 0.2) is 48.8 Å². The Balaban J connectivity index is 1.95. The van der Waals surface area contributed by atoms with E-state index in [-0.39, 0.29) is 6.04 Å². The third-order valence-corrected chi connectivity index (χ3v) is 3.24. The molecule has 3 aromatic rings. The third-order valence-electron chi connectivity index (χ3n) is 3.24. The van der Waals surface area contributed by atoms with Crippen LogP contribution in [0, 0.1) is 0 Å². The van der Waals surface area contributed by atoms with Crippen LogP contribution < -0.4 is 5.32 Å². The number of hydrogen-bond donors (Lipinski definition) is 1. The number of rotatable bonds is 4. The molecule has 0 saturated carbocycles. The molecule has 0 aliphatic rings. The fourth-order valence-corrected chi connectivity index (χ4v) is 2.21. The van der Waals surface area contributed by atoms with Gasteiger partial charge in [-0.15, -0.1) is 0 Å². The van der Waals surface area contributed by atoms with E-state index in [0.717, 1.165) is 17.1 Å². The van der Waals surface area contributed by atoms with Crippen LogP contribution >= 0.6 is 0 Å². The van der Waals surface area contributed by atoms with Crippen molar-refractivity contribution in [2.75, 3.05) is 7.05 Å². The summed E-state index contributed by atoms with van der Waals surface area (Å²) in [7, 11) is 3.82. The third kappa shape index (κ3) is 2.21. The molecule has 1 aromatic carbocycles. The van der Waals surface area contributed by atoms with Crippen molar-refractivity contribution in [3.63, 3.8) is 0 Å². The number of aromatic nitrogens is 5. The lowest BCUT2D eigenvalue weighted by Gasteiger charge is -2.13. The van der Waals surface area contributed by atoms with E-state index in [2.05, 4.69) is 20.6 Å². The van der Waals surface area contributed by atoms with Crippen LogP contribution in [-0.4, -0.2) is 31.8 Å². The summed E-state index contributed by atoms with van der Waals surface area (Å²) in [5.74, 6) is 0. The molecule has 1 N–H and O–H groups in total. The zero-order chi connectivity index (χ0) is 13.9. The first kappa shape index (κ1) is 12.6. The first-order valence-corrected chi connectivity index (χ1v) is 6.42. The van der Waals surface area contributed by atoms with Gasteiger partial charge >= 0.3 is 0 Å². The smallest absolute Gasteiger partial charge is 0.106 e. The first-order valence-electron chi connectivity index (χ1n) is 6.42. The van der Waals surface area contributed by atoms with Gasteiger partial charge in [0.25, 0.3) is 0 Å². The van der Waals surface area contributed by atoms with E-state index in [1.54, 1.807) is 17.2 Å². The molecular formula is C14H16N6. The second kappa shape index (κ2) is 5.26. The summed E-state index contributed by atoms with van der Waals surface area (Å²) in [6.45, 7) is 0. The van der Waals surface area contributed by atoms with Crippen molar-refractivity contribution in [1.29, 1.82) is 0 Å². The van der Waals surface area contributed by atoms with Crippen LogP contribution in [0.5, 0.6) is 0 Å². The van der Waals surface area contributed by atoms with E-state index in [1.165, 1.54) is 0 Å². The summed E-state index contributed by atoms with van der Waals surface area (Å²) >= 11 is 0. The second-order valence-corrected chi connectivity index (χ2v) is 4.50. The average Bonchev–Trinajstić information content (AvgIpc) is 3.12. The Morgan fingerprint density at radius 2 is 1.90 bits per heavy atom. The lowest BCUT2D eigenvalue weighted by molar-refractivity contribution is 0.587. The van der Waals surface area contributed by atoms with Crippen LogP contribution in [0.1, 0.15) is 17.4 Å². The highest BCUT2D eigenvalue weighted by Crippen LogP contribution is 2.19. The maximum Gasteiger partial charge on any atom is 0.106 e. The van der Waals surface area contributed by atoms with Crippen LogP contribution in [0.2, 0.25) is 0 Å². The molecule has 20 heavy (non-hydrogen) atoms. The molecule has 1 unspecified atom stereocenters. The highest BCUT2D eigenvalue weighted by molar-refractivity contribution is 5.29. The molecular weight excluding hydrogens is 252 g/mol. The lowest BCUT2D eigenvalue weighted by Crippen LogP contribution is -2.21. The molecule has 1 atom stereocenters. The highest BCUT2D eigenvalue weighted by atomic mass is 15.5. The zero-order valence-electron chi connectivity index (χ0n) is 11.4. The van der Waals surface area contributed by atoms with E-state index >= 15 is 0 Å². The van der Waals surface area contributed by atoms with Gasteiger partial charge in [0.2, 0.25) is 0 Å². The lowest BCUT2D eigenvalue weighted by atomic mass is 10.1. The molecule has 0 aliphatic heterocycles. The van der Waals surface area contributed by atoms with Gasteiger partial charge in [0.1, 0.15) is 5.69 Å². The fourth-order valence-electron chi connectivity index (χ4n) is 2.21. The van der Waals surface area contributed by atoms with Gasteiger partial charge in [-0.2, -0.15) is 20.1 Å². The zero-order valence-corrected chi connectivity index (χ0v) is 11.4. The van der Waals surface area contributed by atoms with Crippen LogP contribution in [-0.2, 0) is 7.05 Å².